The van der Waals surface area contributed by atoms with Crippen LogP contribution in [-0.4, -0.2) is 42.1 Å². The molecule has 1 aromatic heterocycles. The molecule has 4 heteroatoms. The topological polar surface area (TPSA) is 19.4 Å². The molecule has 0 amide bonds. The lowest BCUT2D eigenvalue weighted by molar-refractivity contribution is 0.171. The summed E-state index contributed by atoms with van der Waals surface area (Å²) in [5, 5.41) is 0.696. The van der Waals surface area contributed by atoms with Crippen molar-refractivity contribution in [1.29, 1.82) is 0 Å². The summed E-state index contributed by atoms with van der Waals surface area (Å²) in [7, 11) is 2.13. The van der Waals surface area contributed by atoms with Gasteiger partial charge in [0.25, 0.3) is 0 Å². The highest BCUT2D eigenvalue weighted by Gasteiger charge is 2.24. The summed E-state index contributed by atoms with van der Waals surface area (Å²) in [6, 6.07) is 5.15. The number of nitrogens with zero attached hydrogens (tertiary/aromatic N) is 3. The van der Waals surface area contributed by atoms with E-state index in [1.807, 2.05) is 12.1 Å². The van der Waals surface area contributed by atoms with Crippen molar-refractivity contribution >= 4 is 17.4 Å². The van der Waals surface area contributed by atoms with Crippen LogP contribution in [0, 0.1) is 0 Å². The molecule has 1 fully saturated rings. The Morgan fingerprint density at radius 2 is 2.00 bits per heavy atom. The molecule has 0 aromatic carbocycles. The molecule has 18 heavy (non-hydrogen) atoms. The Hall–Kier alpha value is -0.800. The number of rotatable bonds is 3. The van der Waals surface area contributed by atoms with E-state index in [1.54, 1.807) is 6.20 Å². The first-order chi connectivity index (χ1) is 8.58. The first-order valence-corrected chi connectivity index (χ1v) is 7.04. The lowest BCUT2D eigenvalue weighted by atomic mass is 10.0. The number of aromatic nitrogens is 1. The van der Waals surface area contributed by atoms with Gasteiger partial charge in [0.2, 0.25) is 0 Å². The van der Waals surface area contributed by atoms with Gasteiger partial charge in [0.15, 0.2) is 0 Å². The molecule has 0 N–H and O–H groups in total. The largest absolute Gasteiger partial charge is 0.357 e. The molecule has 0 atom stereocenters. The van der Waals surface area contributed by atoms with Crippen molar-refractivity contribution in [3.63, 3.8) is 0 Å². The fraction of sp³-hybridized carbons (Fsp3) is 0.643. The Morgan fingerprint density at radius 1 is 1.33 bits per heavy atom. The molecule has 2 rings (SSSR count). The number of pyridine rings is 1. The van der Waals surface area contributed by atoms with Crippen LogP contribution in [-0.2, 0) is 0 Å². The maximum Gasteiger partial charge on any atom is 0.128 e. The van der Waals surface area contributed by atoms with E-state index in [9.17, 15) is 0 Å². The Balaban J connectivity index is 1.95. The van der Waals surface area contributed by atoms with Gasteiger partial charge in [-0.25, -0.2) is 4.98 Å². The second-order valence-electron chi connectivity index (χ2n) is 5.31. The van der Waals surface area contributed by atoms with Crippen LogP contribution in [0.1, 0.15) is 26.7 Å². The minimum absolute atomic E-state index is 0.591. The number of piperidine rings is 1. The Kier molecular flexibility index (Phi) is 4.46. The highest BCUT2D eigenvalue weighted by Crippen LogP contribution is 2.22. The zero-order valence-corrected chi connectivity index (χ0v) is 12.2. The molecule has 0 unspecified atom stereocenters. The van der Waals surface area contributed by atoms with Gasteiger partial charge in [-0.05, 0) is 38.8 Å². The van der Waals surface area contributed by atoms with E-state index < -0.39 is 0 Å². The molecular formula is C14H22ClN3. The summed E-state index contributed by atoms with van der Waals surface area (Å²) < 4.78 is 0. The fourth-order valence-corrected chi connectivity index (χ4v) is 2.67. The van der Waals surface area contributed by atoms with E-state index in [4.69, 9.17) is 11.6 Å². The predicted octanol–water partition coefficient (Wildman–Crippen LogP) is 3.04. The highest BCUT2D eigenvalue weighted by atomic mass is 35.5. The first kappa shape index (κ1) is 13.6. The van der Waals surface area contributed by atoms with E-state index in [0.29, 0.717) is 17.1 Å². The number of anilines is 1. The predicted molar refractivity (Wildman–Crippen MR) is 77.4 cm³/mol. The molecule has 1 aliphatic rings. The van der Waals surface area contributed by atoms with Crippen LogP contribution in [0.3, 0.4) is 0 Å². The van der Waals surface area contributed by atoms with Gasteiger partial charge in [-0.2, -0.15) is 0 Å². The summed E-state index contributed by atoms with van der Waals surface area (Å²) in [4.78, 5) is 9.21. The average Bonchev–Trinajstić information content (AvgIpc) is 2.39. The van der Waals surface area contributed by atoms with Gasteiger partial charge in [-0.3, -0.25) is 0 Å². The Bertz CT molecular complexity index is 369. The van der Waals surface area contributed by atoms with Gasteiger partial charge in [-0.15, -0.1) is 0 Å². The quantitative estimate of drug-likeness (QED) is 0.839. The van der Waals surface area contributed by atoms with E-state index in [1.165, 1.54) is 25.9 Å². The van der Waals surface area contributed by atoms with Crippen molar-refractivity contribution < 1.29 is 0 Å². The van der Waals surface area contributed by atoms with Gasteiger partial charge in [0.05, 0.1) is 5.02 Å². The standard InChI is InChI=1S/C14H22ClN3/c1-11(2)18-8-6-13(7-9-18)17(3)14-5-4-12(15)10-16-14/h4-5,10-11,13H,6-9H2,1-3H3. The molecule has 0 aliphatic carbocycles. The third-order valence-corrected chi connectivity index (χ3v) is 4.07. The zero-order chi connectivity index (χ0) is 13.1. The van der Waals surface area contributed by atoms with E-state index >= 15 is 0 Å². The van der Waals surface area contributed by atoms with E-state index in [2.05, 4.69) is 35.7 Å². The second kappa shape index (κ2) is 5.89. The lowest BCUT2D eigenvalue weighted by Gasteiger charge is -2.39. The van der Waals surface area contributed by atoms with Crippen molar-refractivity contribution in [2.75, 3.05) is 25.0 Å². The van der Waals surface area contributed by atoms with Crippen molar-refractivity contribution in [1.82, 2.24) is 9.88 Å². The molecule has 1 aliphatic heterocycles. The van der Waals surface area contributed by atoms with Crippen molar-refractivity contribution in [3.8, 4) is 0 Å². The summed E-state index contributed by atoms with van der Waals surface area (Å²) in [6.07, 6.45) is 4.13. The van der Waals surface area contributed by atoms with Gasteiger partial charge in [-0.1, -0.05) is 11.6 Å². The lowest BCUT2D eigenvalue weighted by Crippen LogP contribution is -2.45. The smallest absolute Gasteiger partial charge is 0.128 e. The van der Waals surface area contributed by atoms with Crippen molar-refractivity contribution in [2.24, 2.45) is 0 Å². The molecule has 2 heterocycles. The minimum atomic E-state index is 0.591. The number of hydrogen-bond donors (Lipinski definition) is 0. The van der Waals surface area contributed by atoms with Crippen molar-refractivity contribution in [3.05, 3.63) is 23.4 Å². The van der Waals surface area contributed by atoms with E-state index in [-0.39, 0.29) is 0 Å². The zero-order valence-electron chi connectivity index (χ0n) is 11.4. The highest BCUT2D eigenvalue weighted by molar-refractivity contribution is 6.30. The van der Waals surface area contributed by atoms with Crippen LogP contribution in [0.4, 0.5) is 5.82 Å². The summed E-state index contributed by atoms with van der Waals surface area (Å²) in [5.74, 6) is 1.02. The molecule has 3 nitrogen and oxygen atoms in total. The molecule has 0 bridgehead atoms. The van der Waals surface area contributed by atoms with Gasteiger partial charge in [0, 0.05) is 38.4 Å². The van der Waals surface area contributed by atoms with Crippen LogP contribution < -0.4 is 4.90 Å². The number of halogens is 1. The Labute approximate surface area is 115 Å². The maximum absolute atomic E-state index is 5.87. The SMILES string of the molecule is CC(C)N1CCC(N(C)c2ccc(Cl)cn2)CC1. The molecule has 100 valence electrons. The minimum Gasteiger partial charge on any atom is -0.357 e. The third kappa shape index (κ3) is 3.15. The molecule has 0 saturated carbocycles. The normalized spacial score (nSPS) is 18.3. The Morgan fingerprint density at radius 3 is 2.50 bits per heavy atom. The molecule has 0 spiro atoms. The molecule has 0 radical (unpaired) electrons. The first-order valence-electron chi connectivity index (χ1n) is 6.66. The van der Waals surface area contributed by atoms with Crippen LogP contribution in [0.5, 0.6) is 0 Å². The van der Waals surface area contributed by atoms with Gasteiger partial charge < -0.3 is 9.80 Å². The summed E-state index contributed by atoms with van der Waals surface area (Å²) in [5.41, 5.74) is 0. The van der Waals surface area contributed by atoms with Crippen LogP contribution in [0.15, 0.2) is 18.3 Å². The van der Waals surface area contributed by atoms with E-state index in [0.717, 1.165) is 5.82 Å². The van der Waals surface area contributed by atoms with Crippen molar-refractivity contribution in [2.45, 2.75) is 38.8 Å². The third-order valence-electron chi connectivity index (χ3n) is 3.85. The second-order valence-corrected chi connectivity index (χ2v) is 5.74. The summed E-state index contributed by atoms with van der Waals surface area (Å²) in [6.45, 7) is 6.90. The molecule has 1 aromatic rings. The van der Waals surface area contributed by atoms with Crippen LogP contribution in [0.25, 0.3) is 0 Å². The number of hydrogen-bond acceptors (Lipinski definition) is 3. The monoisotopic (exact) mass is 267 g/mol. The van der Waals surface area contributed by atoms with Crippen LogP contribution in [0.2, 0.25) is 5.02 Å². The maximum atomic E-state index is 5.87. The number of likely N-dealkylation sites (tertiary alicyclic amines) is 1. The molecular weight excluding hydrogens is 246 g/mol. The van der Waals surface area contributed by atoms with Gasteiger partial charge >= 0.3 is 0 Å². The van der Waals surface area contributed by atoms with Gasteiger partial charge in [0.1, 0.15) is 5.82 Å². The average molecular weight is 268 g/mol. The van der Waals surface area contributed by atoms with Crippen LogP contribution >= 0.6 is 11.6 Å². The molecule has 1 saturated heterocycles. The summed E-state index contributed by atoms with van der Waals surface area (Å²) >= 11 is 5.87. The fourth-order valence-electron chi connectivity index (χ4n) is 2.55.